The third-order valence-corrected chi connectivity index (χ3v) is 3.87. The summed E-state index contributed by atoms with van der Waals surface area (Å²) >= 11 is 0. The van der Waals surface area contributed by atoms with Crippen LogP contribution in [0.4, 0.5) is 0 Å². The molecule has 1 aliphatic rings. The van der Waals surface area contributed by atoms with Gasteiger partial charge >= 0.3 is 5.97 Å². The molecule has 3 nitrogen and oxygen atoms in total. The zero-order valence-electron chi connectivity index (χ0n) is 12.6. The average molecular weight is 275 g/mol. The van der Waals surface area contributed by atoms with Crippen molar-refractivity contribution < 1.29 is 9.90 Å². The molecule has 1 atom stereocenters. The number of hydrogen-bond donors (Lipinski definition) is 2. The van der Waals surface area contributed by atoms with Crippen LogP contribution in [0.15, 0.2) is 24.3 Å². The molecule has 1 saturated carbocycles. The maximum Gasteiger partial charge on any atom is 0.321 e. The highest BCUT2D eigenvalue weighted by Crippen LogP contribution is 2.36. The summed E-state index contributed by atoms with van der Waals surface area (Å²) in [5.41, 5.74) is 2.28. The van der Waals surface area contributed by atoms with Crippen molar-refractivity contribution in [2.45, 2.75) is 64.0 Å². The summed E-state index contributed by atoms with van der Waals surface area (Å²) in [5.74, 6) is -0.0947. The largest absolute Gasteiger partial charge is 0.480 e. The van der Waals surface area contributed by atoms with Crippen molar-refractivity contribution in [3.05, 3.63) is 35.4 Å². The second-order valence-corrected chi connectivity index (χ2v) is 6.86. The number of nitrogens with one attached hydrogen (secondary N) is 1. The van der Waals surface area contributed by atoms with Gasteiger partial charge in [0.05, 0.1) is 0 Å². The topological polar surface area (TPSA) is 49.3 Å². The second-order valence-electron chi connectivity index (χ2n) is 6.86. The van der Waals surface area contributed by atoms with Crippen LogP contribution in [-0.4, -0.2) is 22.7 Å². The van der Waals surface area contributed by atoms with Crippen LogP contribution in [0, 0.1) is 0 Å². The maximum atomic E-state index is 11.4. The van der Waals surface area contributed by atoms with E-state index in [4.69, 9.17) is 0 Å². The molecule has 0 unspecified atom stereocenters. The van der Waals surface area contributed by atoms with Crippen molar-refractivity contribution in [3.63, 3.8) is 0 Å². The first kappa shape index (κ1) is 15.0. The molecule has 1 aliphatic carbocycles. The zero-order valence-corrected chi connectivity index (χ0v) is 12.6. The number of rotatable bonds is 5. The molecule has 110 valence electrons. The Morgan fingerprint density at radius 1 is 1.40 bits per heavy atom. The molecule has 0 saturated heterocycles. The van der Waals surface area contributed by atoms with E-state index in [1.807, 2.05) is 26.8 Å². The van der Waals surface area contributed by atoms with E-state index < -0.39 is 12.0 Å². The SMILES string of the molecule is CC(C)(C)N[C@@H](Cc1cccc(C2CCC2)c1)C(=O)O. The highest BCUT2D eigenvalue weighted by atomic mass is 16.4. The Balaban J connectivity index is 2.08. The molecular formula is C17H25NO2. The fourth-order valence-electron chi connectivity index (χ4n) is 2.67. The summed E-state index contributed by atoms with van der Waals surface area (Å²) in [6.07, 6.45) is 4.39. The Labute approximate surface area is 121 Å². The molecule has 0 amide bonds. The number of benzene rings is 1. The first-order valence-corrected chi connectivity index (χ1v) is 7.44. The summed E-state index contributed by atoms with van der Waals surface area (Å²) < 4.78 is 0. The van der Waals surface area contributed by atoms with Gasteiger partial charge in [0.1, 0.15) is 6.04 Å². The van der Waals surface area contributed by atoms with Crippen LogP contribution < -0.4 is 5.32 Å². The van der Waals surface area contributed by atoms with E-state index in [-0.39, 0.29) is 5.54 Å². The molecule has 0 heterocycles. The Hall–Kier alpha value is -1.35. The molecule has 1 fully saturated rings. The molecule has 2 N–H and O–H groups in total. The van der Waals surface area contributed by atoms with Gasteiger partial charge < -0.3 is 5.11 Å². The molecule has 20 heavy (non-hydrogen) atoms. The van der Waals surface area contributed by atoms with Gasteiger partial charge in [-0.1, -0.05) is 30.7 Å². The van der Waals surface area contributed by atoms with Gasteiger partial charge in [0.2, 0.25) is 0 Å². The lowest BCUT2D eigenvalue weighted by atomic mass is 9.79. The van der Waals surface area contributed by atoms with Gasteiger partial charge in [0.15, 0.2) is 0 Å². The molecule has 0 radical (unpaired) electrons. The highest BCUT2D eigenvalue weighted by Gasteiger charge is 2.24. The molecule has 3 heteroatoms. The van der Waals surface area contributed by atoms with Crippen LogP contribution in [0.3, 0.4) is 0 Å². The molecule has 1 aromatic rings. The predicted octanol–water partition coefficient (Wildman–Crippen LogP) is 3.34. The van der Waals surface area contributed by atoms with Gasteiger partial charge in [0.25, 0.3) is 0 Å². The molecular weight excluding hydrogens is 250 g/mol. The third kappa shape index (κ3) is 4.07. The summed E-state index contributed by atoms with van der Waals surface area (Å²) in [5, 5.41) is 12.6. The standard InChI is InChI=1S/C17H25NO2/c1-17(2,3)18-15(16(19)20)11-12-6-4-9-14(10-12)13-7-5-8-13/h4,6,9-10,13,15,18H,5,7-8,11H2,1-3H3,(H,19,20)/t15-/m0/s1. The minimum absolute atomic E-state index is 0.200. The molecule has 0 bridgehead atoms. The Bertz CT molecular complexity index is 472. The van der Waals surface area contributed by atoms with E-state index >= 15 is 0 Å². The number of carboxylic acid groups (broad SMARTS) is 1. The summed E-state index contributed by atoms with van der Waals surface area (Å²) in [4.78, 5) is 11.4. The van der Waals surface area contributed by atoms with Gasteiger partial charge in [-0.15, -0.1) is 0 Å². The van der Waals surface area contributed by atoms with Crippen molar-refractivity contribution in [1.29, 1.82) is 0 Å². The number of carbonyl (C=O) groups is 1. The minimum Gasteiger partial charge on any atom is -0.480 e. The highest BCUT2D eigenvalue weighted by molar-refractivity contribution is 5.74. The van der Waals surface area contributed by atoms with Gasteiger partial charge in [-0.05, 0) is 57.1 Å². The number of hydrogen-bond acceptors (Lipinski definition) is 2. The molecule has 0 aliphatic heterocycles. The molecule has 0 spiro atoms. The van der Waals surface area contributed by atoms with E-state index in [0.29, 0.717) is 12.3 Å². The predicted molar refractivity (Wildman–Crippen MR) is 81.1 cm³/mol. The van der Waals surface area contributed by atoms with Gasteiger partial charge in [-0.25, -0.2) is 0 Å². The van der Waals surface area contributed by atoms with Crippen LogP contribution in [-0.2, 0) is 11.2 Å². The fraction of sp³-hybridized carbons (Fsp3) is 0.588. The fourth-order valence-corrected chi connectivity index (χ4v) is 2.67. The van der Waals surface area contributed by atoms with Crippen molar-refractivity contribution in [2.24, 2.45) is 0 Å². The van der Waals surface area contributed by atoms with E-state index in [2.05, 4.69) is 23.5 Å². The second kappa shape index (κ2) is 5.96. The van der Waals surface area contributed by atoms with Crippen molar-refractivity contribution in [1.82, 2.24) is 5.32 Å². The van der Waals surface area contributed by atoms with Crippen molar-refractivity contribution in [2.75, 3.05) is 0 Å². The maximum absolute atomic E-state index is 11.4. The Morgan fingerprint density at radius 3 is 2.60 bits per heavy atom. The summed E-state index contributed by atoms with van der Waals surface area (Å²) in [7, 11) is 0. The Kier molecular flexibility index (Phi) is 4.48. The van der Waals surface area contributed by atoms with Crippen molar-refractivity contribution >= 4 is 5.97 Å². The normalized spacial score (nSPS) is 17.6. The first-order chi connectivity index (χ1) is 9.35. The van der Waals surface area contributed by atoms with Crippen LogP contribution in [0.1, 0.15) is 57.1 Å². The van der Waals surface area contributed by atoms with E-state index in [1.54, 1.807) is 0 Å². The smallest absolute Gasteiger partial charge is 0.321 e. The minimum atomic E-state index is -0.783. The number of carboxylic acids is 1. The molecule has 1 aromatic carbocycles. The van der Waals surface area contributed by atoms with E-state index in [1.165, 1.54) is 24.8 Å². The summed E-state index contributed by atoms with van der Waals surface area (Å²) in [6, 6.07) is 7.90. The first-order valence-electron chi connectivity index (χ1n) is 7.44. The van der Waals surface area contributed by atoms with Gasteiger partial charge in [0, 0.05) is 5.54 Å². The average Bonchev–Trinajstić information content (AvgIpc) is 2.24. The van der Waals surface area contributed by atoms with Gasteiger partial charge in [-0.3, -0.25) is 10.1 Å². The lowest BCUT2D eigenvalue weighted by Crippen LogP contribution is -2.48. The van der Waals surface area contributed by atoms with Gasteiger partial charge in [-0.2, -0.15) is 0 Å². The molecule has 2 rings (SSSR count). The monoisotopic (exact) mass is 275 g/mol. The third-order valence-electron chi connectivity index (χ3n) is 3.87. The van der Waals surface area contributed by atoms with Crippen LogP contribution in [0.2, 0.25) is 0 Å². The quantitative estimate of drug-likeness (QED) is 0.866. The van der Waals surface area contributed by atoms with Crippen LogP contribution >= 0.6 is 0 Å². The Morgan fingerprint density at radius 2 is 2.10 bits per heavy atom. The van der Waals surface area contributed by atoms with Crippen molar-refractivity contribution in [3.8, 4) is 0 Å². The zero-order chi connectivity index (χ0) is 14.8. The molecule has 0 aromatic heterocycles. The lowest BCUT2D eigenvalue weighted by Gasteiger charge is -2.28. The lowest BCUT2D eigenvalue weighted by molar-refractivity contribution is -0.140. The van der Waals surface area contributed by atoms with Crippen LogP contribution in [0.25, 0.3) is 0 Å². The number of aliphatic carboxylic acids is 1. The summed E-state index contributed by atoms with van der Waals surface area (Å²) in [6.45, 7) is 5.98. The van der Waals surface area contributed by atoms with E-state index in [9.17, 15) is 9.90 Å². The van der Waals surface area contributed by atoms with E-state index in [0.717, 1.165) is 5.56 Å². The van der Waals surface area contributed by atoms with Crippen LogP contribution in [0.5, 0.6) is 0 Å².